The van der Waals surface area contributed by atoms with Crippen molar-refractivity contribution in [2.75, 3.05) is 0 Å². The Morgan fingerprint density at radius 1 is 1.50 bits per heavy atom. The minimum absolute atomic E-state index is 0.0688. The van der Waals surface area contributed by atoms with E-state index in [0.717, 1.165) is 0 Å². The van der Waals surface area contributed by atoms with E-state index in [2.05, 4.69) is 15.5 Å². The van der Waals surface area contributed by atoms with Gasteiger partial charge in [-0.25, -0.2) is 0 Å². The molecule has 0 aliphatic rings. The molecule has 1 aromatic heterocycles. The number of nitrogens with zero attached hydrogens (tertiary/aromatic N) is 1. The van der Waals surface area contributed by atoms with Crippen molar-refractivity contribution >= 4 is 16.8 Å². The summed E-state index contributed by atoms with van der Waals surface area (Å²) in [6.07, 6.45) is 0. The van der Waals surface area contributed by atoms with Gasteiger partial charge in [-0.3, -0.25) is 9.89 Å². The number of amides is 1. The van der Waals surface area contributed by atoms with E-state index in [0.29, 0.717) is 16.5 Å². The van der Waals surface area contributed by atoms with Crippen LogP contribution < -0.4 is 5.32 Å². The van der Waals surface area contributed by atoms with Crippen molar-refractivity contribution in [2.45, 2.75) is 19.9 Å². The molecule has 1 amide bonds. The molecular weight excluding hydrogens is 206 g/mol. The SMILES string of the molecule is CC(C)NC(=O)c1cccc2c(O)n[nH]c12. The van der Waals surface area contributed by atoms with Crippen LogP contribution in [-0.2, 0) is 0 Å². The summed E-state index contributed by atoms with van der Waals surface area (Å²) in [4.78, 5) is 11.8. The van der Waals surface area contributed by atoms with E-state index in [4.69, 9.17) is 0 Å². The molecule has 0 fully saturated rings. The summed E-state index contributed by atoms with van der Waals surface area (Å²) in [6, 6.07) is 5.18. The van der Waals surface area contributed by atoms with E-state index in [-0.39, 0.29) is 17.8 Å². The van der Waals surface area contributed by atoms with Gasteiger partial charge in [0.25, 0.3) is 5.91 Å². The average Bonchev–Trinajstić information content (AvgIpc) is 2.59. The lowest BCUT2D eigenvalue weighted by Gasteiger charge is -2.08. The summed E-state index contributed by atoms with van der Waals surface area (Å²) in [5, 5.41) is 19.1. The van der Waals surface area contributed by atoms with Crippen LogP contribution in [0.1, 0.15) is 24.2 Å². The molecule has 2 rings (SSSR count). The number of hydrogen-bond donors (Lipinski definition) is 3. The molecule has 0 spiro atoms. The second kappa shape index (κ2) is 3.84. The first-order valence-electron chi connectivity index (χ1n) is 5.06. The molecule has 0 unspecified atom stereocenters. The summed E-state index contributed by atoms with van der Waals surface area (Å²) >= 11 is 0. The summed E-state index contributed by atoms with van der Waals surface area (Å²) in [6.45, 7) is 3.78. The van der Waals surface area contributed by atoms with Crippen LogP contribution >= 0.6 is 0 Å². The number of carbonyl (C=O) groups excluding carboxylic acids is 1. The Balaban J connectivity index is 2.48. The smallest absolute Gasteiger partial charge is 0.253 e. The predicted molar refractivity (Wildman–Crippen MR) is 60.4 cm³/mol. The Kier molecular flexibility index (Phi) is 2.52. The molecule has 0 radical (unpaired) electrons. The summed E-state index contributed by atoms with van der Waals surface area (Å²) < 4.78 is 0. The number of carbonyl (C=O) groups is 1. The van der Waals surface area contributed by atoms with Gasteiger partial charge in [-0.15, -0.1) is 5.10 Å². The Morgan fingerprint density at radius 2 is 2.25 bits per heavy atom. The Bertz CT molecular complexity index is 531. The monoisotopic (exact) mass is 219 g/mol. The molecule has 84 valence electrons. The van der Waals surface area contributed by atoms with Crippen LogP contribution in [-0.4, -0.2) is 27.3 Å². The standard InChI is InChI=1S/C11H13N3O2/c1-6(2)12-10(15)7-4-3-5-8-9(7)13-14-11(8)16/h3-6H,1-2H3,(H,12,15)(H2,13,14,16). The van der Waals surface area contributed by atoms with Crippen molar-refractivity contribution in [3.8, 4) is 5.88 Å². The highest BCUT2D eigenvalue weighted by Crippen LogP contribution is 2.23. The Labute approximate surface area is 92.5 Å². The zero-order valence-electron chi connectivity index (χ0n) is 9.11. The van der Waals surface area contributed by atoms with Crippen molar-refractivity contribution in [3.05, 3.63) is 23.8 Å². The number of aromatic hydroxyl groups is 1. The quantitative estimate of drug-likeness (QED) is 0.714. The molecule has 5 heteroatoms. The first-order valence-corrected chi connectivity index (χ1v) is 5.06. The molecule has 0 aliphatic carbocycles. The molecule has 1 aromatic carbocycles. The van der Waals surface area contributed by atoms with Gasteiger partial charge < -0.3 is 10.4 Å². The highest BCUT2D eigenvalue weighted by Gasteiger charge is 2.14. The maximum atomic E-state index is 11.8. The Morgan fingerprint density at radius 3 is 2.94 bits per heavy atom. The number of fused-ring (bicyclic) bond motifs is 1. The second-order valence-electron chi connectivity index (χ2n) is 3.90. The van der Waals surface area contributed by atoms with Crippen molar-refractivity contribution < 1.29 is 9.90 Å². The largest absolute Gasteiger partial charge is 0.492 e. The molecule has 0 aliphatic heterocycles. The zero-order valence-corrected chi connectivity index (χ0v) is 9.11. The summed E-state index contributed by atoms with van der Waals surface area (Å²) in [7, 11) is 0. The molecule has 0 atom stereocenters. The van der Waals surface area contributed by atoms with Gasteiger partial charge in [0.2, 0.25) is 5.88 Å². The van der Waals surface area contributed by atoms with E-state index >= 15 is 0 Å². The molecule has 0 saturated carbocycles. The van der Waals surface area contributed by atoms with Crippen LogP contribution in [0.2, 0.25) is 0 Å². The number of benzene rings is 1. The van der Waals surface area contributed by atoms with Crippen molar-refractivity contribution in [3.63, 3.8) is 0 Å². The first-order chi connectivity index (χ1) is 7.59. The fourth-order valence-corrected chi connectivity index (χ4v) is 1.56. The number of aromatic amines is 1. The van der Waals surface area contributed by atoms with Crippen LogP contribution in [0.5, 0.6) is 5.88 Å². The minimum atomic E-state index is -0.177. The number of hydrogen-bond acceptors (Lipinski definition) is 3. The van der Waals surface area contributed by atoms with E-state index in [9.17, 15) is 9.90 Å². The van der Waals surface area contributed by atoms with Gasteiger partial charge >= 0.3 is 0 Å². The van der Waals surface area contributed by atoms with E-state index in [1.807, 2.05) is 13.8 Å². The Hall–Kier alpha value is -2.04. The van der Waals surface area contributed by atoms with Gasteiger partial charge in [-0.2, -0.15) is 0 Å². The maximum Gasteiger partial charge on any atom is 0.253 e. The number of H-pyrrole nitrogens is 1. The van der Waals surface area contributed by atoms with Gasteiger partial charge in [0.1, 0.15) is 0 Å². The molecule has 5 nitrogen and oxygen atoms in total. The maximum absolute atomic E-state index is 11.8. The van der Waals surface area contributed by atoms with Gasteiger partial charge in [0.05, 0.1) is 16.5 Å². The van der Waals surface area contributed by atoms with Crippen molar-refractivity contribution in [1.29, 1.82) is 0 Å². The fourth-order valence-electron chi connectivity index (χ4n) is 1.56. The lowest BCUT2D eigenvalue weighted by molar-refractivity contribution is 0.0944. The number of rotatable bonds is 2. The van der Waals surface area contributed by atoms with E-state index in [1.165, 1.54) is 0 Å². The third kappa shape index (κ3) is 1.71. The van der Waals surface area contributed by atoms with Gasteiger partial charge in [-0.05, 0) is 26.0 Å². The lowest BCUT2D eigenvalue weighted by atomic mass is 10.1. The topological polar surface area (TPSA) is 78.0 Å². The minimum Gasteiger partial charge on any atom is -0.492 e. The van der Waals surface area contributed by atoms with Crippen LogP contribution in [0.15, 0.2) is 18.2 Å². The van der Waals surface area contributed by atoms with Gasteiger partial charge in [0.15, 0.2) is 0 Å². The molecule has 3 N–H and O–H groups in total. The van der Waals surface area contributed by atoms with Crippen LogP contribution in [0.25, 0.3) is 10.9 Å². The zero-order chi connectivity index (χ0) is 11.7. The molecule has 16 heavy (non-hydrogen) atoms. The second-order valence-corrected chi connectivity index (χ2v) is 3.90. The average molecular weight is 219 g/mol. The fraction of sp³-hybridized carbons (Fsp3) is 0.273. The normalized spacial score (nSPS) is 10.9. The number of aromatic nitrogens is 2. The predicted octanol–water partition coefficient (Wildman–Crippen LogP) is 1.41. The van der Waals surface area contributed by atoms with Gasteiger partial charge in [0, 0.05) is 6.04 Å². The first kappa shape index (κ1) is 10.5. The molecule has 0 saturated heterocycles. The van der Waals surface area contributed by atoms with E-state index in [1.54, 1.807) is 18.2 Å². The van der Waals surface area contributed by atoms with Crippen LogP contribution in [0.4, 0.5) is 0 Å². The molecule has 0 bridgehead atoms. The van der Waals surface area contributed by atoms with Crippen molar-refractivity contribution in [1.82, 2.24) is 15.5 Å². The highest BCUT2D eigenvalue weighted by atomic mass is 16.3. The molecule has 1 heterocycles. The number of para-hydroxylation sites is 1. The summed E-state index contributed by atoms with van der Waals surface area (Å²) in [5.41, 5.74) is 1.04. The van der Waals surface area contributed by atoms with Gasteiger partial charge in [-0.1, -0.05) is 6.07 Å². The molecule has 2 aromatic rings. The number of nitrogens with one attached hydrogen (secondary N) is 2. The third-order valence-corrected chi connectivity index (χ3v) is 2.24. The molecular formula is C11H13N3O2. The van der Waals surface area contributed by atoms with E-state index < -0.39 is 0 Å². The van der Waals surface area contributed by atoms with Crippen molar-refractivity contribution in [2.24, 2.45) is 0 Å². The van der Waals surface area contributed by atoms with Crippen LogP contribution in [0, 0.1) is 0 Å². The summed E-state index contributed by atoms with van der Waals surface area (Å²) in [5.74, 6) is -0.265. The third-order valence-electron chi connectivity index (χ3n) is 2.24. The lowest BCUT2D eigenvalue weighted by Crippen LogP contribution is -2.30. The highest BCUT2D eigenvalue weighted by molar-refractivity contribution is 6.06. The van der Waals surface area contributed by atoms with Crippen LogP contribution in [0.3, 0.4) is 0 Å².